The summed E-state index contributed by atoms with van der Waals surface area (Å²) in [4.78, 5) is 0. The highest BCUT2D eigenvalue weighted by Gasteiger charge is 2.53. The van der Waals surface area contributed by atoms with E-state index in [0.717, 1.165) is 17.9 Å². The van der Waals surface area contributed by atoms with Crippen molar-refractivity contribution in [1.29, 1.82) is 0 Å². The zero-order valence-corrected chi connectivity index (χ0v) is 16.3. The number of rotatable bonds is 4. The maximum absolute atomic E-state index is 10.8. The van der Waals surface area contributed by atoms with Gasteiger partial charge in [0, 0.05) is 0 Å². The molecule has 3 fully saturated rings. The molecule has 0 spiro atoms. The molecule has 0 aliphatic carbocycles. The van der Waals surface area contributed by atoms with Gasteiger partial charge in [0.2, 0.25) is 0 Å². The molecule has 3 aliphatic rings. The molecule has 0 amide bonds. The van der Waals surface area contributed by atoms with Gasteiger partial charge in [-0.25, -0.2) is 0 Å². The third kappa shape index (κ3) is 4.23. The van der Waals surface area contributed by atoms with Crippen LogP contribution in [0.5, 0.6) is 0 Å². The van der Waals surface area contributed by atoms with Crippen LogP contribution in [0.4, 0.5) is 0 Å². The number of ether oxygens (including phenoxy) is 4. The summed E-state index contributed by atoms with van der Waals surface area (Å²) in [6, 6.07) is 0. The van der Waals surface area contributed by atoms with Crippen LogP contribution in [0.2, 0.25) is 0 Å². The van der Waals surface area contributed by atoms with Gasteiger partial charge in [0.25, 0.3) is 0 Å². The summed E-state index contributed by atoms with van der Waals surface area (Å²) < 4.78 is 23.2. The predicted octanol–water partition coefficient (Wildman–Crippen LogP) is 1.58. The Morgan fingerprint density at radius 3 is 2.00 bits per heavy atom. The van der Waals surface area contributed by atoms with E-state index in [-0.39, 0.29) is 4.58 Å². The number of hydrogen-bond donors (Lipinski definition) is 2. The Kier molecular flexibility index (Phi) is 5.79. The van der Waals surface area contributed by atoms with Gasteiger partial charge in [-0.05, 0) is 45.6 Å². The van der Waals surface area contributed by atoms with E-state index in [1.807, 2.05) is 13.8 Å². The lowest BCUT2D eigenvalue weighted by Crippen LogP contribution is -2.50. The van der Waals surface area contributed by atoms with Crippen LogP contribution in [-0.4, -0.2) is 75.0 Å². The lowest BCUT2D eigenvalue weighted by molar-refractivity contribution is -0.179. The first-order valence-electron chi connectivity index (χ1n) is 8.45. The van der Waals surface area contributed by atoms with Crippen LogP contribution in [-0.2, 0) is 18.9 Å². The Labute approximate surface area is 151 Å². The largest absolute Gasteiger partial charge is 0.388 e. The molecule has 24 heavy (non-hydrogen) atoms. The average molecular weight is 381 g/mol. The zero-order chi connectivity index (χ0) is 17.5. The van der Waals surface area contributed by atoms with E-state index in [9.17, 15) is 10.2 Å². The standard InChI is InChI=1S/C16H28O6S2/c1-15(2)19-8-9(20-15)10(17)12-13(22-16(3,4)21-12)11(18)14-23-6-5-7-24-14/h9-14,17-18H,5-8H2,1-4H3/t9?,10-,11-,12+,13-/m1/s1. The molecular formula is C16H28O6S2. The maximum Gasteiger partial charge on any atom is 0.164 e. The summed E-state index contributed by atoms with van der Waals surface area (Å²) in [6.07, 6.45) is -2.22. The van der Waals surface area contributed by atoms with Gasteiger partial charge in [0.1, 0.15) is 30.5 Å². The summed E-state index contributed by atoms with van der Waals surface area (Å²) in [5, 5.41) is 21.6. The molecule has 0 aromatic rings. The van der Waals surface area contributed by atoms with E-state index in [4.69, 9.17) is 18.9 Å². The first-order chi connectivity index (χ1) is 11.2. The number of hydrogen-bond acceptors (Lipinski definition) is 8. The molecule has 3 aliphatic heterocycles. The smallest absolute Gasteiger partial charge is 0.164 e. The normalized spacial score (nSPS) is 39.0. The van der Waals surface area contributed by atoms with Gasteiger partial charge in [-0.1, -0.05) is 0 Å². The average Bonchev–Trinajstić information content (AvgIpc) is 3.05. The topological polar surface area (TPSA) is 77.4 Å². The van der Waals surface area contributed by atoms with E-state index < -0.39 is 42.1 Å². The summed E-state index contributed by atoms with van der Waals surface area (Å²) in [6.45, 7) is 7.53. The fourth-order valence-corrected chi connectivity index (χ4v) is 6.23. The van der Waals surface area contributed by atoms with Crippen molar-refractivity contribution < 1.29 is 29.2 Å². The van der Waals surface area contributed by atoms with Gasteiger partial charge in [-0.2, -0.15) is 0 Å². The van der Waals surface area contributed by atoms with Crippen LogP contribution < -0.4 is 0 Å². The molecule has 0 radical (unpaired) electrons. The zero-order valence-electron chi connectivity index (χ0n) is 14.6. The summed E-state index contributed by atoms with van der Waals surface area (Å²) in [7, 11) is 0. The van der Waals surface area contributed by atoms with Crippen molar-refractivity contribution in [1.82, 2.24) is 0 Å². The van der Waals surface area contributed by atoms with Crippen LogP contribution in [0, 0.1) is 0 Å². The molecule has 0 saturated carbocycles. The van der Waals surface area contributed by atoms with E-state index in [1.54, 1.807) is 37.4 Å². The molecule has 3 rings (SSSR count). The summed E-state index contributed by atoms with van der Waals surface area (Å²) >= 11 is 3.49. The number of thioether (sulfide) groups is 2. The quantitative estimate of drug-likeness (QED) is 0.761. The van der Waals surface area contributed by atoms with Gasteiger partial charge in [-0.15, -0.1) is 23.5 Å². The Morgan fingerprint density at radius 1 is 0.875 bits per heavy atom. The van der Waals surface area contributed by atoms with Crippen molar-refractivity contribution in [2.24, 2.45) is 0 Å². The Balaban J connectivity index is 1.71. The molecule has 0 aromatic carbocycles. The Hall–Kier alpha value is 0.460. The van der Waals surface area contributed by atoms with Gasteiger partial charge in [-0.3, -0.25) is 0 Å². The van der Waals surface area contributed by atoms with Crippen molar-refractivity contribution in [3.63, 3.8) is 0 Å². The van der Waals surface area contributed by atoms with Crippen LogP contribution >= 0.6 is 23.5 Å². The third-order valence-electron chi connectivity index (χ3n) is 4.38. The first kappa shape index (κ1) is 19.2. The van der Waals surface area contributed by atoms with Crippen molar-refractivity contribution in [3.05, 3.63) is 0 Å². The van der Waals surface area contributed by atoms with Gasteiger partial charge in [0.15, 0.2) is 11.6 Å². The molecular weight excluding hydrogens is 352 g/mol. The van der Waals surface area contributed by atoms with Crippen molar-refractivity contribution in [2.75, 3.05) is 18.1 Å². The van der Waals surface area contributed by atoms with Gasteiger partial charge >= 0.3 is 0 Å². The minimum Gasteiger partial charge on any atom is -0.388 e. The van der Waals surface area contributed by atoms with Crippen LogP contribution in [0.25, 0.3) is 0 Å². The molecule has 3 heterocycles. The fourth-order valence-electron chi connectivity index (χ4n) is 3.30. The molecule has 0 aromatic heterocycles. The molecule has 140 valence electrons. The molecule has 8 heteroatoms. The first-order valence-corrected chi connectivity index (χ1v) is 10.5. The summed E-state index contributed by atoms with van der Waals surface area (Å²) in [5.74, 6) is 0.499. The minimum absolute atomic E-state index is 0.0353. The SMILES string of the molecule is CC1(C)OCC([C@@H](O)[C@@H]2OC(C)(C)O[C@@H]2[C@@H](O)C2SCCCS2)O1. The molecule has 6 nitrogen and oxygen atoms in total. The second-order valence-corrected chi connectivity index (χ2v) is 10.2. The van der Waals surface area contributed by atoms with Crippen molar-refractivity contribution in [3.8, 4) is 0 Å². The highest BCUT2D eigenvalue weighted by molar-refractivity contribution is 8.17. The van der Waals surface area contributed by atoms with Crippen LogP contribution in [0.15, 0.2) is 0 Å². The predicted molar refractivity (Wildman–Crippen MR) is 94.1 cm³/mol. The second kappa shape index (κ2) is 7.23. The molecule has 5 atom stereocenters. The minimum atomic E-state index is -0.924. The van der Waals surface area contributed by atoms with E-state index in [0.29, 0.717) is 6.61 Å². The maximum atomic E-state index is 10.8. The van der Waals surface area contributed by atoms with Gasteiger partial charge in [0.05, 0.1) is 11.2 Å². The van der Waals surface area contributed by atoms with E-state index in [2.05, 4.69) is 0 Å². The van der Waals surface area contributed by atoms with E-state index >= 15 is 0 Å². The number of aliphatic hydroxyl groups is 2. The van der Waals surface area contributed by atoms with Crippen LogP contribution in [0.1, 0.15) is 34.1 Å². The van der Waals surface area contributed by atoms with Crippen molar-refractivity contribution in [2.45, 2.75) is 80.8 Å². The Morgan fingerprint density at radius 2 is 1.46 bits per heavy atom. The monoisotopic (exact) mass is 380 g/mol. The highest BCUT2D eigenvalue weighted by atomic mass is 32.2. The fraction of sp³-hybridized carbons (Fsp3) is 1.00. The van der Waals surface area contributed by atoms with Gasteiger partial charge < -0.3 is 29.2 Å². The molecule has 0 bridgehead atoms. The lowest BCUT2D eigenvalue weighted by atomic mass is 10.00. The second-order valence-electron chi connectivity index (χ2n) is 7.38. The van der Waals surface area contributed by atoms with E-state index in [1.165, 1.54) is 0 Å². The molecule has 1 unspecified atom stereocenters. The van der Waals surface area contributed by atoms with Crippen molar-refractivity contribution >= 4 is 23.5 Å². The summed E-state index contributed by atoms with van der Waals surface area (Å²) in [5.41, 5.74) is 0. The lowest BCUT2D eigenvalue weighted by Gasteiger charge is -2.33. The molecule has 3 saturated heterocycles. The molecule has 2 N–H and O–H groups in total. The van der Waals surface area contributed by atoms with Crippen LogP contribution in [0.3, 0.4) is 0 Å². The highest BCUT2D eigenvalue weighted by Crippen LogP contribution is 2.41. The Bertz CT molecular complexity index is 440. The third-order valence-corrected chi connectivity index (χ3v) is 7.46. The number of aliphatic hydroxyl groups excluding tert-OH is 2.